The molecule has 0 aliphatic heterocycles. The van der Waals surface area contributed by atoms with Gasteiger partial charge in [0.25, 0.3) is 0 Å². The number of ether oxygens (including phenoxy) is 2. The zero-order valence-electron chi connectivity index (χ0n) is 8.78. The highest BCUT2D eigenvalue weighted by molar-refractivity contribution is 5.01. The summed E-state index contributed by atoms with van der Waals surface area (Å²) in [5.41, 5.74) is 1.11. The van der Waals surface area contributed by atoms with E-state index in [1.165, 1.54) is 0 Å². The number of methoxy groups -OCH3 is 2. The number of aromatic nitrogens is 2. The summed E-state index contributed by atoms with van der Waals surface area (Å²) in [6, 6.07) is 0.139. The fraction of sp³-hybridized carbons (Fsp3) is 0.667. The van der Waals surface area contributed by atoms with Gasteiger partial charge in [-0.15, -0.1) is 0 Å². The first-order chi connectivity index (χ1) is 6.77. The quantitative estimate of drug-likeness (QED) is 0.655. The van der Waals surface area contributed by atoms with Crippen LogP contribution in [0.2, 0.25) is 0 Å². The number of aromatic amines is 1. The molecule has 5 nitrogen and oxygen atoms in total. The van der Waals surface area contributed by atoms with Crippen molar-refractivity contribution in [2.45, 2.75) is 25.8 Å². The summed E-state index contributed by atoms with van der Waals surface area (Å²) < 4.78 is 10.2. The van der Waals surface area contributed by atoms with Crippen molar-refractivity contribution in [2.75, 3.05) is 14.2 Å². The molecule has 0 aliphatic carbocycles. The normalized spacial score (nSPS) is 13.4. The van der Waals surface area contributed by atoms with Crippen molar-refractivity contribution in [3.63, 3.8) is 0 Å². The van der Waals surface area contributed by atoms with Gasteiger partial charge in [0.1, 0.15) is 0 Å². The minimum absolute atomic E-state index is 0.139. The monoisotopic (exact) mass is 199 g/mol. The third kappa shape index (κ3) is 3.10. The standard InChI is InChI=1S/C9H17N3O2/c1-7(9(13-2)14-3)10-4-8-5-11-12-6-8/h5-7,9-10H,4H2,1-3H3,(H,11,12). The second-order valence-corrected chi connectivity index (χ2v) is 3.12. The van der Waals surface area contributed by atoms with Crippen LogP contribution in [0.15, 0.2) is 12.4 Å². The molecule has 0 amide bonds. The van der Waals surface area contributed by atoms with Crippen LogP contribution in [0.4, 0.5) is 0 Å². The highest BCUT2D eigenvalue weighted by Gasteiger charge is 2.14. The van der Waals surface area contributed by atoms with E-state index in [9.17, 15) is 0 Å². The third-order valence-corrected chi connectivity index (χ3v) is 2.06. The first-order valence-corrected chi connectivity index (χ1v) is 4.54. The topological polar surface area (TPSA) is 59.2 Å². The van der Waals surface area contributed by atoms with E-state index in [2.05, 4.69) is 15.5 Å². The van der Waals surface area contributed by atoms with Crippen molar-refractivity contribution >= 4 is 0 Å². The van der Waals surface area contributed by atoms with Crippen LogP contribution in [-0.4, -0.2) is 36.7 Å². The average molecular weight is 199 g/mol. The summed E-state index contributed by atoms with van der Waals surface area (Å²) in [6.45, 7) is 2.76. The summed E-state index contributed by atoms with van der Waals surface area (Å²) in [5, 5.41) is 9.89. The van der Waals surface area contributed by atoms with Crippen LogP contribution in [0, 0.1) is 0 Å². The van der Waals surface area contributed by atoms with Crippen LogP contribution in [0.5, 0.6) is 0 Å². The maximum absolute atomic E-state index is 5.12. The summed E-state index contributed by atoms with van der Waals surface area (Å²) >= 11 is 0. The fourth-order valence-electron chi connectivity index (χ4n) is 1.25. The van der Waals surface area contributed by atoms with Crippen LogP contribution in [0.25, 0.3) is 0 Å². The molecule has 0 saturated carbocycles. The van der Waals surface area contributed by atoms with Gasteiger partial charge in [-0.25, -0.2) is 0 Å². The molecule has 0 spiro atoms. The lowest BCUT2D eigenvalue weighted by Crippen LogP contribution is -2.39. The van der Waals surface area contributed by atoms with E-state index < -0.39 is 0 Å². The molecule has 0 saturated heterocycles. The van der Waals surface area contributed by atoms with Crippen LogP contribution in [-0.2, 0) is 16.0 Å². The van der Waals surface area contributed by atoms with Gasteiger partial charge < -0.3 is 14.8 Å². The highest BCUT2D eigenvalue weighted by atomic mass is 16.7. The lowest BCUT2D eigenvalue weighted by atomic mass is 10.3. The molecule has 5 heteroatoms. The fourth-order valence-corrected chi connectivity index (χ4v) is 1.25. The zero-order valence-corrected chi connectivity index (χ0v) is 8.78. The molecule has 0 bridgehead atoms. The van der Waals surface area contributed by atoms with Gasteiger partial charge in [0.05, 0.1) is 12.2 Å². The zero-order chi connectivity index (χ0) is 10.4. The molecule has 1 aromatic rings. The second-order valence-electron chi connectivity index (χ2n) is 3.12. The van der Waals surface area contributed by atoms with Crippen LogP contribution >= 0.6 is 0 Å². The molecule has 1 heterocycles. The third-order valence-electron chi connectivity index (χ3n) is 2.06. The molecule has 14 heavy (non-hydrogen) atoms. The van der Waals surface area contributed by atoms with Crippen molar-refractivity contribution in [3.8, 4) is 0 Å². The van der Waals surface area contributed by atoms with Gasteiger partial charge in [-0.05, 0) is 6.92 Å². The molecule has 80 valence electrons. The van der Waals surface area contributed by atoms with Crippen LogP contribution < -0.4 is 5.32 Å². The number of rotatable bonds is 6. The van der Waals surface area contributed by atoms with E-state index in [1.54, 1.807) is 20.4 Å². The Hall–Kier alpha value is -0.910. The Labute approximate surface area is 83.8 Å². The van der Waals surface area contributed by atoms with Crippen LogP contribution in [0.3, 0.4) is 0 Å². The highest BCUT2D eigenvalue weighted by Crippen LogP contribution is 2.00. The molecule has 1 unspecified atom stereocenters. The predicted molar refractivity (Wildman–Crippen MR) is 52.7 cm³/mol. The van der Waals surface area contributed by atoms with Crippen molar-refractivity contribution in [1.29, 1.82) is 0 Å². The minimum atomic E-state index is -0.220. The molecule has 0 aliphatic rings. The number of hydrogen-bond donors (Lipinski definition) is 2. The average Bonchev–Trinajstić information content (AvgIpc) is 2.69. The van der Waals surface area contributed by atoms with E-state index in [1.807, 2.05) is 13.1 Å². The van der Waals surface area contributed by atoms with E-state index in [0.29, 0.717) is 0 Å². The molecule has 0 fully saturated rings. The lowest BCUT2D eigenvalue weighted by Gasteiger charge is -2.21. The number of hydrogen-bond acceptors (Lipinski definition) is 4. The molecule has 2 N–H and O–H groups in total. The van der Waals surface area contributed by atoms with Gasteiger partial charge in [-0.3, -0.25) is 5.10 Å². The lowest BCUT2D eigenvalue weighted by molar-refractivity contribution is -0.119. The van der Waals surface area contributed by atoms with Crippen molar-refractivity contribution in [1.82, 2.24) is 15.5 Å². The summed E-state index contributed by atoms with van der Waals surface area (Å²) in [6.07, 6.45) is 3.42. The molecule has 0 aromatic carbocycles. The first kappa shape index (κ1) is 11.2. The summed E-state index contributed by atoms with van der Waals surface area (Å²) in [4.78, 5) is 0. The Morgan fingerprint density at radius 1 is 1.50 bits per heavy atom. The van der Waals surface area contributed by atoms with Crippen molar-refractivity contribution in [2.24, 2.45) is 0 Å². The maximum atomic E-state index is 5.12. The largest absolute Gasteiger partial charge is 0.354 e. The van der Waals surface area contributed by atoms with Gasteiger partial charge in [0.15, 0.2) is 6.29 Å². The van der Waals surface area contributed by atoms with E-state index in [-0.39, 0.29) is 12.3 Å². The number of nitrogens with one attached hydrogen (secondary N) is 2. The van der Waals surface area contributed by atoms with Crippen molar-refractivity contribution in [3.05, 3.63) is 18.0 Å². The van der Waals surface area contributed by atoms with E-state index in [0.717, 1.165) is 12.1 Å². The summed E-state index contributed by atoms with van der Waals surface area (Å²) in [7, 11) is 3.26. The Balaban J connectivity index is 2.30. The molecule has 1 atom stereocenters. The van der Waals surface area contributed by atoms with E-state index in [4.69, 9.17) is 9.47 Å². The second kappa shape index (κ2) is 5.74. The SMILES string of the molecule is COC(OC)C(C)NCc1cn[nH]c1. The molecule has 1 aromatic heterocycles. The number of nitrogens with zero attached hydrogens (tertiary/aromatic N) is 1. The maximum Gasteiger partial charge on any atom is 0.171 e. The molecular weight excluding hydrogens is 182 g/mol. The minimum Gasteiger partial charge on any atom is -0.354 e. The summed E-state index contributed by atoms with van der Waals surface area (Å²) in [5.74, 6) is 0. The van der Waals surface area contributed by atoms with E-state index >= 15 is 0 Å². The van der Waals surface area contributed by atoms with Crippen LogP contribution in [0.1, 0.15) is 12.5 Å². The molecular formula is C9H17N3O2. The predicted octanol–water partition coefficient (Wildman–Crippen LogP) is 0.507. The van der Waals surface area contributed by atoms with Crippen molar-refractivity contribution < 1.29 is 9.47 Å². The smallest absolute Gasteiger partial charge is 0.171 e. The Kier molecular flexibility index (Phi) is 4.58. The van der Waals surface area contributed by atoms with Gasteiger partial charge >= 0.3 is 0 Å². The van der Waals surface area contributed by atoms with Gasteiger partial charge in [0, 0.05) is 32.5 Å². The Morgan fingerprint density at radius 2 is 2.21 bits per heavy atom. The Bertz CT molecular complexity index is 234. The first-order valence-electron chi connectivity index (χ1n) is 4.54. The molecule has 1 rings (SSSR count). The number of H-pyrrole nitrogens is 1. The van der Waals surface area contributed by atoms with Gasteiger partial charge in [-0.2, -0.15) is 5.10 Å². The van der Waals surface area contributed by atoms with Gasteiger partial charge in [-0.1, -0.05) is 0 Å². The van der Waals surface area contributed by atoms with Gasteiger partial charge in [0.2, 0.25) is 0 Å². The molecule has 0 radical (unpaired) electrons. The Morgan fingerprint density at radius 3 is 2.71 bits per heavy atom.